The molecule has 6 heteroatoms. The fraction of sp³-hybridized carbons (Fsp3) is 0.0556. The minimum Gasteiger partial charge on any atom is -0.423 e. The van der Waals surface area contributed by atoms with Gasteiger partial charge in [0.25, 0.3) is 0 Å². The van der Waals surface area contributed by atoms with Gasteiger partial charge in [-0.05, 0) is 55.5 Å². The zero-order valence-corrected chi connectivity index (χ0v) is 14.1. The quantitative estimate of drug-likeness (QED) is 0.294. The maximum atomic E-state index is 12.2. The first-order chi connectivity index (χ1) is 11.4. The van der Waals surface area contributed by atoms with Gasteiger partial charge in [-0.15, -0.1) is 0 Å². The molecule has 0 spiro atoms. The van der Waals surface area contributed by atoms with Crippen LogP contribution in [-0.4, -0.2) is 11.8 Å². The Morgan fingerprint density at radius 1 is 1.04 bits per heavy atom. The summed E-state index contributed by atoms with van der Waals surface area (Å²) in [6.07, 6.45) is 0. The van der Waals surface area contributed by atoms with E-state index in [0.717, 1.165) is 4.47 Å². The van der Waals surface area contributed by atoms with Gasteiger partial charge in [0.1, 0.15) is 16.9 Å². The van der Waals surface area contributed by atoms with Crippen LogP contribution in [0, 0.1) is 0 Å². The van der Waals surface area contributed by atoms with Crippen LogP contribution in [0.1, 0.15) is 27.6 Å². The molecule has 0 atom stereocenters. The molecule has 1 aromatic heterocycles. The smallest absolute Gasteiger partial charge is 0.351 e. The molecule has 0 saturated heterocycles. The van der Waals surface area contributed by atoms with Gasteiger partial charge < -0.3 is 9.15 Å². The van der Waals surface area contributed by atoms with Crippen molar-refractivity contribution in [3.63, 3.8) is 0 Å². The Labute approximate surface area is 145 Å². The van der Waals surface area contributed by atoms with E-state index in [0.29, 0.717) is 16.5 Å². The highest BCUT2D eigenvalue weighted by atomic mass is 79.9. The van der Waals surface area contributed by atoms with Gasteiger partial charge in [-0.2, -0.15) is 0 Å². The van der Waals surface area contributed by atoms with Crippen LogP contribution in [0.5, 0.6) is 5.75 Å². The van der Waals surface area contributed by atoms with Gasteiger partial charge in [0.05, 0.1) is 0 Å². The van der Waals surface area contributed by atoms with Gasteiger partial charge >= 0.3 is 11.6 Å². The highest BCUT2D eigenvalue weighted by Gasteiger charge is 2.16. The summed E-state index contributed by atoms with van der Waals surface area (Å²) in [4.78, 5) is 35.4. The highest BCUT2D eigenvalue weighted by molar-refractivity contribution is 9.10. The van der Waals surface area contributed by atoms with Crippen molar-refractivity contribution in [2.75, 3.05) is 0 Å². The summed E-state index contributed by atoms with van der Waals surface area (Å²) in [6, 6.07) is 12.6. The molecule has 1 heterocycles. The second kappa shape index (κ2) is 6.41. The van der Waals surface area contributed by atoms with Gasteiger partial charge in [-0.25, -0.2) is 9.59 Å². The molecule has 24 heavy (non-hydrogen) atoms. The summed E-state index contributed by atoms with van der Waals surface area (Å²) < 4.78 is 11.1. The lowest BCUT2D eigenvalue weighted by Gasteiger charge is -2.05. The first kappa shape index (κ1) is 16.1. The average Bonchev–Trinajstić information content (AvgIpc) is 2.55. The number of Topliss-reactive ketones (excluding diaryl/α,β-unsaturated/α-hetero) is 1. The molecule has 0 amide bonds. The van der Waals surface area contributed by atoms with Gasteiger partial charge in [0, 0.05) is 15.4 Å². The van der Waals surface area contributed by atoms with Crippen LogP contribution in [0.15, 0.2) is 62.2 Å². The van der Waals surface area contributed by atoms with Crippen molar-refractivity contribution in [3.05, 3.63) is 74.6 Å². The summed E-state index contributed by atoms with van der Waals surface area (Å²) in [6.45, 7) is 1.44. The summed E-state index contributed by atoms with van der Waals surface area (Å²) in [5.41, 5.74) is -0.0816. The van der Waals surface area contributed by atoms with E-state index in [1.54, 1.807) is 30.3 Å². The van der Waals surface area contributed by atoms with Crippen molar-refractivity contribution >= 4 is 38.7 Å². The number of rotatable bonds is 3. The predicted molar refractivity (Wildman–Crippen MR) is 91.6 cm³/mol. The van der Waals surface area contributed by atoms with E-state index < -0.39 is 11.6 Å². The number of esters is 1. The molecular weight excluding hydrogens is 376 g/mol. The lowest BCUT2D eigenvalue weighted by atomic mass is 10.1. The standard InChI is InChI=1S/C18H11BrO5/c1-10(20)11-2-5-14(6-3-11)23-17(21)15-9-12-8-13(19)4-7-16(12)24-18(15)22/h2-9H,1H3. The molecule has 0 aliphatic carbocycles. The van der Waals surface area contributed by atoms with Crippen LogP contribution < -0.4 is 10.4 Å². The fourth-order valence-corrected chi connectivity index (χ4v) is 2.54. The van der Waals surface area contributed by atoms with Crippen molar-refractivity contribution in [1.29, 1.82) is 0 Å². The van der Waals surface area contributed by atoms with E-state index in [1.807, 2.05) is 0 Å². The Bertz CT molecular complexity index is 1000. The van der Waals surface area contributed by atoms with Gasteiger partial charge in [-0.3, -0.25) is 4.79 Å². The monoisotopic (exact) mass is 386 g/mol. The molecule has 0 N–H and O–H groups in total. The number of ketones is 1. The first-order valence-electron chi connectivity index (χ1n) is 7.00. The molecule has 120 valence electrons. The van der Waals surface area contributed by atoms with Crippen LogP contribution in [0.4, 0.5) is 0 Å². The molecule has 3 aromatic rings. The Kier molecular flexibility index (Phi) is 4.31. The van der Waals surface area contributed by atoms with Crippen molar-refractivity contribution in [2.45, 2.75) is 6.92 Å². The number of hydrogen-bond acceptors (Lipinski definition) is 5. The summed E-state index contributed by atoms with van der Waals surface area (Å²) in [7, 11) is 0. The Morgan fingerprint density at radius 2 is 1.75 bits per heavy atom. The lowest BCUT2D eigenvalue weighted by molar-refractivity contribution is 0.0730. The van der Waals surface area contributed by atoms with Crippen LogP contribution in [0.25, 0.3) is 11.0 Å². The topological polar surface area (TPSA) is 73.6 Å². The maximum Gasteiger partial charge on any atom is 0.351 e. The third-order valence-corrected chi connectivity index (χ3v) is 3.88. The third-order valence-electron chi connectivity index (χ3n) is 3.39. The summed E-state index contributed by atoms with van der Waals surface area (Å²) in [5, 5.41) is 0.600. The molecule has 0 aliphatic rings. The lowest BCUT2D eigenvalue weighted by Crippen LogP contribution is -2.18. The van der Waals surface area contributed by atoms with E-state index in [1.165, 1.54) is 25.1 Å². The summed E-state index contributed by atoms with van der Waals surface area (Å²) >= 11 is 3.32. The van der Waals surface area contributed by atoms with Crippen LogP contribution in [0.2, 0.25) is 0 Å². The minimum atomic E-state index is -0.818. The molecular formula is C18H11BrO5. The number of ether oxygens (including phenoxy) is 1. The predicted octanol–water partition coefficient (Wildman–Crippen LogP) is 3.98. The van der Waals surface area contributed by atoms with Crippen LogP contribution in [-0.2, 0) is 0 Å². The highest BCUT2D eigenvalue weighted by Crippen LogP contribution is 2.20. The normalized spacial score (nSPS) is 10.6. The molecule has 0 saturated carbocycles. The molecule has 0 fully saturated rings. The third kappa shape index (κ3) is 3.28. The molecule has 0 radical (unpaired) electrons. The zero-order valence-electron chi connectivity index (χ0n) is 12.5. The Hall–Kier alpha value is -2.73. The maximum absolute atomic E-state index is 12.2. The number of benzene rings is 2. The number of halogens is 1. The van der Waals surface area contributed by atoms with E-state index in [9.17, 15) is 14.4 Å². The SMILES string of the molecule is CC(=O)c1ccc(OC(=O)c2cc3cc(Br)ccc3oc2=O)cc1. The Balaban J connectivity index is 1.91. The number of carbonyl (C=O) groups is 2. The molecule has 0 aliphatic heterocycles. The van der Waals surface area contributed by atoms with E-state index in [4.69, 9.17) is 9.15 Å². The van der Waals surface area contributed by atoms with Crippen molar-refractivity contribution in [1.82, 2.24) is 0 Å². The molecule has 5 nitrogen and oxygen atoms in total. The molecule has 2 aromatic carbocycles. The van der Waals surface area contributed by atoms with E-state index in [-0.39, 0.29) is 17.1 Å². The zero-order chi connectivity index (χ0) is 17.3. The summed E-state index contributed by atoms with van der Waals surface area (Å²) in [5.74, 6) is -0.673. The minimum absolute atomic E-state index is 0.0892. The van der Waals surface area contributed by atoms with Crippen molar-refractivity contribution in [2.24, 2.45) is 0 Å². The second-order valence-corrected chi connectivity index (χ2v) is 6.02. The first-order valence-corrected chi connectivity index (χ1v) is 7.80. The largest absolute Gasteiger partial charge is 0.423 e. The van der Waals surface area contributed by atoms with Crippen molar-refractivity contribution in [3.8, 4) is 5.75 Å². The van der Waals surface area contributed by atoms with Gasteiger partial charge in [0.15, 0.2) is 5.78 Å². The van der Waals surface area contributed by atoms with Crippen LogP contribution in [0.3, 0.4) is 0 Å². The Morgan fingerprint density at radius 3 is 2.42 bits per heavy atom. The molecule has 0 bridgehead atoms. The number of fused-ring (bicyclic) bond motifs is 1. The number of carbonyl (C=O) groups excluding carboxylic acids is 2. The molecule has 3 rings (SSSR count). The van der Waals surface area contributed by atoms with E-state index >= 15 is 0 Å². The average molecular weight is 387 g/mol. The van der Waals surface area contributed by atoms with Gasteiger partial charge in [-0.1, -0.05) is 15.9 Å². The molecule has 0 unspecified atom stereocenters. The van der Waals surface area contributed by atoms with E-state index in [2.05, 4.69) is 15.9 Å². The van der Waals surface area contributed by atoms with Crippen LogP contribution >= 0.6 is 15.9 Å². The second-order valence-electron chi connectivity index (χ2n) is 5.10. The van der Waals surface area contributed by atoms with Crippen molar-refractivity contribution < 1.29 is 18.7 Å². The number of hydrogen-bond donors (Lipinski definition) is 0. The fourth-order valence-electron chi connectivity index (χ4n) is 2.16. The van der Waals surface area contributed by atoms with Gasteiger partial charge in [0.2, 0.25) is 0 Å².